The lowest BCUT2D eigenvalue weighted by Crippen LogP contribution is -2.29. The van der Waals surface area contributed by atoms with Gasteiger partial charge >= 0.3 is 5.97 Å². The number of ether oxygens (including phenoxy) is 1. The van der Waals surface area contributed by atoms with Crippen molar-refractivity contribution in [2.45, 2.75) is 25.8 Å². The molecular weight excluding hydrogens is 242 g/mol. The summed E-state index contributed by atoms with van der Waals surface area (Å²) in [6.45, 7) is 3.38. The topological polar surface area (TPSA) is 58.6 Å². The second kappa shape index (κ2) is 7.26. The van der Waals surface area contributed by atoms with Gasteiger partial charge in [0.15, 0.2) is 0 Å². The Balaban J connectivity index is 1.83. The summed E-state index contributed by atoms with van der Waals surface area (Å²) in [4.78, 5) is 10.8. The van der Waals surface area contributed by atoms with Crippen LogP contribution in [0.25, 0.3) is 0 Å². The number of rotatable bonds is 6. The molecule has 0 aromatic heterocycles. The zero-order valence-electron chi connectivity index (χ0n) is 11.1. The molecule has 1 saturated heterocycles. The molecular formula is C15H21NO3. The van der Waals surface area contributed by atoms with Crippen molar-refractivity contribution in [2.75, 3.05) is 19.8 Å². The molecule has 4 nitrogen and oxygen atoms in total. The van der Waals surface area contributed by atoms with Crippen molar-refractivity contribution in [3.8, 4) is 0 Å². The average molecular weight is 263 g/mol. The smallest absolute Gasteiger partial charge is 0.307 e. The Morgan fingerprint density at radius 3 is 2.84 bits per heavy atom. The van der Waals surface area contributed by atoms with Crippen LogP contribution in [0.15, 0.2) is 24.3 Å². The Bertz CT molecular complexity index is 414. The van der Waals surface area contributed by atoms with Crippen LogP contribution in [0, 0.1) is 5.92 Å². The van der Waals surface area contributed by atoms with E-state index in [2.05, 4.69) is 5.32 Å². The Kier molecular flexibility index (Phi) is 5.36. The van der Waals surface area contributed by atoms with Crippen LogP contribution in [0.2, 0.25) is 0 Å². The molecule has 0 aliphatic carbocycles. The number of hydrogen-bond acceptors (Lipinski definition) is 3. The molecule has 1 aromatic carbocycles. The SMILES string of the molecule is O=C(O)Cc1ccccc1CNCC1CCCOC1. The summed E-state index contributed by atoms with van der Waals surface area (Å²) >= 11 is 0. The van der Waals surface area contributed by atoms with Gasteiger partial charge in [-0.2, -0.15) is 0 Å². The molecule has 0 radical (unpaired) electrons. The zero-order valence-corrected chi connectivity index (χ0v) is 11.1. The van der Waals surface area contributed by atoms with E-state index in [1.165, 1.54) is 6.42 Å². The van der Waals surface area contributed by atoms with Crippen LogP contribution in [0.5, 0.6) is 0 Å². The second-order valence-corrected chi connectivity index (χ2v) is 5.05. The van der Waals surface area contributed by atoms with E-state index >= 15 is 0 Å². The summed E-state index contributed by atoms with van der Waals surface area (Å²) in [6, 6.07) is 7.71. The molecule has 4 heteroatoms. The number of carboxylic acid groups (broad SMARTS) is 1. The van der Waals surface area contributed by atoms with Crippen LogP contribution in [0.3, 0.4) is 0 Å². The number of benzene rings is 1. The van der Waals surface area contributed by atoms with Crippen molar-refractivity contribution in [3.05, 3.63) is 35.4 Å². The molecule has 0 bridgehead atoms. The number of carboxylic acids is 1. The van der Waals surface area contributed by atoms with Crippen LogP contribution in [-0.2, 0) is 22.5 Å². The fourth-order valence-electron chi connectivity index (χ4n) is 2.44. The molecule has 0 saturated carbocycles. The predicted molar refractivity (Wildman–Crippen MR) is 73.0 cm³/mol. The molecule has 1 aliphatic heterocycles. The minimum atomic E-state index is -0.784. The normalized spacial score (nSPS) is 19.3. The zero-order chi connectivity index (χ0) is 13.5. The summed E-state index contributed by atoms with van der Waals surface area (Å²) in [5, 5.41) is 12.3. The second-order valence-electron chi connectivity index (χ2n) is 5.05. The number of hydrogen-bond donors (Lipinski definition) is 2. The summed E-state index contributed by atoms with van der Waals surface area (Å²) in [5.74, 6) is -0.200. The Morgan fingerprint density at radius 2 is 2.16 bits per heavy atom. The first-order valence-corrected chi connectivity index (χ1v) is 6.82. The van der Waals surface area contributed by atoms with E-state index in [1.807, 2.05) is 24.3 Å². The van der Waals surface area contributed by atoms with Crippen molar-refractivity contribution in [3.63, 3.8) is 0 Å². The van der Waals surface area contributed by atoms with Crippen molar-refractivity contribution in [2.24, 2.45) is 5.92 Å². The van der Waals surface area contributed by atoms with Gasteiger partial charge in [0.25, 0.3) is 0 Å². The molecule has 1 fully saturated rings. The fraction of sp³-hybridized carbons (Fsp3) is 0.533. The average Bonchev–Trinajstić information content (AvgIpc) is 2.41. The minimum Gasteiger partial charge on any atom is -0.481 e. The molecule has 19 heavy (non-hydrogen) atoms. The van der Waals surface area contributed by atoms with Crippen LogP contribution < -0.4 is 5.32 Å². The molecule has 1 atom stereocenters. The highest BCUT2D eigenvalue weighted by Gasteiger charge is 2.13. The van der Waals surface area contributed by atoms with Gasteiger partial charge < -0.3 is 15.2 Å². The largest absolute Gasteiger partial charge is 0.481 e. The predicted octanol–water partition coefficient (Wildman–Crippen LogP) is 1.83. The van der Waals surface area contributed by atoms with Crippen LogP contribution in [0.4, 0.5) is 0 Å². The molecule has 1 aliphatic rings. The van der Waals surface area contributed by atoms with Crippen LogP contribution in [0.1, 0.15) is 24.0 Å². The molecule has 2 N–H and O–H groups in total. The van der Waals surface area contributed by atoms with Crippen molar-refractivity contribution >= 4 is 5.97 Å². The lowest BCUT2D eigenvalue weighted by molar-refractivity contribution is -0.136. The third-order valence-electron chi connectivity index (χ3n) is 3.46. The first-order chi connectivity index (χ1) is 9.25. The molecule has 1 heterocycles. The quantitative estimate of drug-likeness (QED) is 0.822. The molecule has 2 rings (SSSR count). The molecule has 0 amide bonds. The monoisotopic (exact) mass is 263 g/mol. The van der Waals surface area contributed by atoms with E-state index in [0.717, 1.165) is 43.9 Å². The highest BCUT2D eigenvalue weighted by molar-refractivity contribution is 5.70. The maximum atomic E-state index is 10.8. The first kappa shape index (κ1) is 14.0. The Labute approximate surface area is 113 Å². The summed E-state index contributed by atoms with van der Waals surface area (Å²) in [6.07, 6.45) is 2.44. The Morgan fingerprint density at radius 1 is 1.37 bits per heavy atom. The van der Waals surface area contributed by atoms with Gasteiger partial charge in [0, 0.05) is 19.7 Å². The maximum Gasteiger partial charge on any atom is 0.307 e. The van der Waals surface area contributed by atoms with Gasteiger partial charge in [0.2, 0.25) is 0 Å². The highest BCUT2D eigenvalue weighted by Crippen LogP contribution is 2.13. The lowest BCUT2D eigenvalue weighted by atomic mass is 10.0. The minimum absolute atomic E-state index is 0.0877. The summed E-state index contributed by atoms with van der Waals surface area (Å²) in [5.41, 5.74) is 1.96. The van der Waals surface area contributed by atoms with Gasteiger partial charge in [0.05, 0.1) is 13.0 Å². The van der Waals surface area contributed by atoms with Gasteiger partial charge in [0.1, 0.15) is 0 Å². The summed E-state index contributed by atoms with van der Waals surface area (Å²) < 4.78 is 5.44. The van der Waals surface area contributed by atoms with E-state index < -0.39 is 5.97 Å². The maximum absolute atomic E-state index is 10.8. The highest BCUT2D eigenvalue weighted by atomic mass is 16.5. The number of aliphatic carboxylic acids is 1. The van der Waals surface area contributed by atoms with Gasteiger partial charge in [-0.3, -0.25) is 4.79 Å². The molecule has 0 spiro atoms. The summed E-state index contributed by atoms with van der Waals surface area (Å²) in [7, 11) is 0. The standard InChI is InChI=1S/C15H21NO3/c17-15(18)8-13-5-1-2-6-14(13)10-16-9-12-4-3-7-19-11-12/h1-2,5-6,12,16H,3-4,7-11H2,(H,17,18). The fourth-order valence-corrected chi connectivity index (χ4v) is 2.44. The third-order valence-corrected chi connectivity index (χ3v) is 3.46. The first-order valence-electron chi connectivity index (χ1n) is 6.82. The van der Waals surface area contributed by atoms with Crippen molar-refractivity contribution in [1.82, 2.24) is 5.32 Å². The third kappa shape index (κ3) is 4.65. The van der Waals surface area contributed by atoms with E-state index in [9.17, 15) is 4.79 Å². The number of carbonyl (C=O) groups is 1. The van der Waals surface area contributed by atoms with Gasteiger partial charge in [-0.25, -0.2) is 0 Å². The lowest BCUT2D eigenvalue weighted by Gasteiger charge is -2.22. The van der Waals surface area contributed by atoms with E-state index in [-0.39, 0.29) is 6.42 Å². The van der Waals surface area contributed by atoms with Crippen LogP contribution >= 0.6 is 0 Å². The van der Waals surface area contributed by atoms with E-state index in [4.69, 9.17) is 9.84 Å². The molecule has 1 unspecified atom stereocenters. The molecule has 104 valence electrons. The van der Waals surface area contributed by atoms with Gasteiger partial charge in [-0.05, 0) is 29.9 Å². The number of nitrogens with one attached hydrogen (secondary N) is 1. The van der Waals surface area contributed by atoms with Gasteiger partial charge in [-0.1, -0.05) is 24.3 Å². The van der Waals surface area contributed by atoms with Gasteiger partial charge in [-0.15, -0.1) is 0 Å². The van der Waals surface area contributed by atoms with E-state index in [0.29, 0.717) is 5.92 Å². The van der Waals surface area contributed by atoms with Crippen molar-refractivity contribution in [1.29, 1.82) is 0 Å². The van der Waals surface area contributed by atoms with Crippen molar-refractivity contribution < 1.29 is 14.6 Å². The van der Waals surface area contributed by atoms with Crippen LogP contribution in [-0.4, -0.2) is 30.8 Å². The molecule has 1 aromatic rings. The Hall–Kier alpha value is -1.39. The van der Waals surface area contributed by atoms with E-state index in [1.54, 1.807) is 0 Å².